The maximum Gasteiger partial charge on any atom is 0.254 e. The number of hydrogen-bond donors (Lipinski definition) is 2. The Bertz CT molecular complexity index is 615. The Morgan fingerprint density at radius 2 is 1.85 bits per heavy atom. The number of carbonyl (C=O) groups excluding carboxylic acids is 1. The van der Waals surface area contributed by atoms with E-state index in [2.05, 4.69) is 5.32 Å². The number of anilines is 1. The third-order valence-electron chi connectivity index (χ3n) is 2.85. The van der Waals surface area contributed by atoms with Crippen LogP contribution in [0.1, 0.15) is 15.9 Å². The van der Waals surface area contributed by atoms with Crippen molar-refractivity contribution in [2.45, 2.75) is 6.42 Å². The molecular weight excluding hydrogens is 262 g/mol. The lowest BCUT2D eigenvalue weighted by Gasteiger charge is -2.08. The average Bonchev–Trinajstić information content (AvgIpc) is 2.44. The minimum atomic E-state index is -0.899. The second kappa shape index (κ2) is 6.14. The number of nitrogen functional groups attached to an aromatic ring is 1. The Balaban J connectivity index is 1.99. The number of hydrogen-bond acceptors (Lipinski definition) is 2. The van der Waals surface area contributed by atoms with Gasteiger partial charge in [-0.3, -0.25) is 4.79 Å². The standard InChI is InChI=1S/C15H14F2N2O/c16-11-8-12(14(17)13(18)9-11)15(20)19-7-6-10-4-2-1-3-5-10/h1-5,8-9H,6-7,18H2,(H,19,20). The van der Waals surface area contributed by atoms with Gasteiger partial charge in [0.15, 0.2) is 5.82 Å². The second-order valence-electron chi connectivity index (χ2n) is 4.35. The van der Waals surface area contributed by atoms with Crippen LogP contribution in [0.3, 0.4) is 0 Å². The summed E-state index contributed by atoms with van der Waals surface area (Å²) in [6, 6.07) is 11.2. The smallest absolute Gasteiger partial charge is 0.254 e. The number of nitrogens with two attached hydrogens (primary N) is 1. The Hall–Kier alpha value is -2.43. The molecule has 0 radical (unpaired) electrons. The van der Waals surface area contributed by atoms with E-state index in [-0.39, 0.29) is 11.3 Å². The number of nitrogens with one attached hydrogen (secondary N) is 1. The normalized spacial score (nSPS) is 10.3. The molecule has 3 nitrogen and oxygen atoms in total. The maximum atomic E-state index is 13.6. The molecule has 0 heterocycles. The number of benzene rings is 2. The van der Waals surface area contributed by atoms with Crippen molar-refractivity contribution in [3.63, 3.8) is 0 Å². The molecule has 0 atom stereocenters. The van der Waals surface area contributed by atoms with E-state index in [0.29, 0.717) is 13.0 Å². The first-order valence-corrected chi connectivity index (χ1v) is 6.14. The van der Waals surface area contributed by atoms with E-state index < -0.39 is 17.5 Å². The summed E-state index contributed by atoms with van der Waals surface area (Å²) >= 11 is 0. The highest BCUT2D eigenvalue weighted by molar-refractivity contribution is 5.95. The predicted octanol–water partition coefficient (Wildman–Crippen LogP) is 2.52. The molecule has 0 aromatic heterocycles. The monoisotopic (exact) mass is 276 g/mol. The van der Waals surface area contributed by atoms with Crippen molar-refractivity contribution in [3.8, 4) is 0 Å². The Morgan fingerprint density at radius 1 is 1.15 bits per heavy atom. The van der Waals surface area contributed by atoms with Gasteiger partial charge in [0.25, 0.3) is 5.91 Å². The molecule has 0 fully saturated rings. The van der Waals surface area contributed by atoms with Crippen molar-refractivity contribution in [1.29, 1.82) is 0 Å². The van der Waals surface area contributed by atoms with Crippen molar-refractivity contribution in [2.75, 3.05) is 12.3 Å². The average molecular weight is 276 g/mol. The van der Waals surface area contributed by atoms with E-state index in [1.807, 2.05) is 30.3 Å². The molecule has 2 aromatic rings. The summed E-state index contributed by atoms with van der Waals surface area (Å²) in [6.45, 7) is 0.332. The summed E-state index contributed by atoms with van der Waals surface area (Å²) in [6.07, 6.45) is 0.610. The van der Waals surface area contributed by atoms with Crippen LogP contribution in [-0.2, 0) is 6.42 Å². The van der Waals surface area contributed by atoms with Crippen LogP contribution in [0.5, 0.6) is 0 Å². The van der Waals surface area contributed by atoms with Crippen molar-refractivity contribution in [3.05, 3.63) is 65.2 Å². The van der Waals surface area contributed by atoms with Gasteiger partial charge in [0.1, 0.15) is 5.82 Å². The third kappa shape index (κ3) is 3.32. The summed E-state index contributed by atoms with van der Waals surface area (Å²) in [4.78, 5) is 11.8. The zero-order chi connectivity index (χ0) is 14.5. The minimum Gasteiger partial charge on any atom is -0.396 e. The first kappa shape index (κ1) is 14.0. The largest absolute Gasteiger partial charge is 0.396 e. The van der Waals surface area contributed by atoms with Gasteiger partial charge in [-0.05, 0) is 24.1 Å². The fraction of sp³-hybridized carbons (Fsp3) is 0.133. The lowest BCUT2D eigenvalue weighted by atomic mass is 10.1. The lowest BCUT2D eigenvalue weighted by Crippen LogP contribution is -2.27. The number of rotatable bonds is 4. The van der Waals surface area contributed by atoms with E-state index in [4.69, 9.17) is 5.73 Å². The predicted molar refractivity (Wildman–Crippen MR) is 73.2 cm³/mol. The van der Waals surface area contributed by atoms with Crippen LogP contribution in [0.4, 0.5) is 14.5 Å². The number of amides is 1. The van der Waals surface area contributed by atoms with Crippen LogP contribution < -0.4 is 11.1 Å². The number of carbonyl (C=O) groups is 1. The fourth-order valence-corrected chi connectivity index (χ4v) is 1.84. The van der Waals surface area contributed by atoms with Crippen LogP contribution in [0.2, 0.25) is 0 Å². The van der Waals surface area contributed by atoms with Crippen LogP contribution >= 0.6 is 0 Å². The molecule has 2 rings (SSSR count). The SMILES string of the molecule is Nc1cc(F)cc(C(=O)NCCc2ccccc2)c1F. The molecule has 0 aliphatic rings. The summed E-state index contributed by atoms with van der Waals surface area (Å²) < 4.78 is 26.8. The van der Waals surface area contributed by atoms with E-state index in [1.165, 1.54) is 0 Å². The Morgan fingerprint density at radius 3 is 2.55 bits per heavy atom. The molecular formula is C15H14F2N2O. The van der Waals surface area contributed by atoms with Gasteiger partial charge in [0, 0.05) is 6.54 Å². The highest BCUT2D eigenvalue weighted by atomic mass is 19.1. The van der Waals surface area contributed by atoms with Gasteiger partial charge in [-0.2, -0.15) is 0 Å². The van der Waals surface area contributed by atoms with E-state index in [0.717, 1.165) is 17.7 Å². The molecule has 0 aliphatic heterocycles. The van der Waals surface area contributed by atoms with E-state index >= 15 is 0 Å². The van der Waals surface area contributed by atoms with E-state index in [1.54, 1.807) is 0 Å². The second-order valence-corrected chi connectivity index (χ2v) is 4.35. The first-order valence-electron chi connectivity index (χ1n) is 6.14. The molecule has 0 bridgehead atoms. The molecule has 3 N–H and O–H groups in total. The quantitative estimate of drug-likeness (QED) is 0.843. The summed E-state index contributed by atoms with van der Waals surface area (Å²) in [7, 11) is 0. The van der Waals surface area contributed by atoms with Crippen molar-refractivity contribution >= 4 is 11.6 Å². The molecule has 20 heavy (non-hydrogen) atoms. The molecule has 104 valence electrons. The zero-order valence-electron chi connectivity index (χ0n) is 10.7. The Kier molecular flexibility index (Phi) is 4.30. The summed E-state index contributed by atoms with van der Waals surface area (Å²) in [5.41, 5.74) is 5.58. The molecule has 1 amide bonds. The third-order valence-corrected chi connectivity index (χ3v) is 2.85. The zero-order valence-corrected chi connectivity index (χ0v) is 10.7. The fourth-order valence-electron chi connectivity index (χ4n) is 1.84. The maximum absolute atomic E-state index is 13.6. The molecule has 0 saturated carbocycles. The van der Waals surface area contributed by atoms with Gasteiger partial charge in [0.05, 0.1) is 11.3 Å². The first-order chi connectivity index (χ1) is 9.58. The lowest BCUT2D eigenvalue weighted by molar-refractivity contribution is 0.0949. The molecule has 5 heteroatoms. The van der Waals surface area contributed by atoms with Gasteiger partial charge >= 0.3 is 0 Å². The van der Waals surface area contributed by atoms with Gasteiger partial charge in [-0.1, -0.05) is 30.3 Å². The van der Waals surface area contributed by atoms with Crippen molar-refractivity contribution in [2.24, 2.45) is 0 Å². The van der Waals surface area contributed by atoms with Crippen LogP contribution in [-0.4, -0.2) is 12.5 Å². The van der Waals surface area contributed by atoms with Gasteiger partial charge < -0.3 is 11.1 Å². The molecule has 0 spiro atoms. The minimum absolute atomic E-state index is 0.332. The van der Waals surface area contributed by atoms with Crippen LogP contribution in [0, 0.1) is 11.6 Å². The van der Waals surface area contributed by atoms with Crippen LogP contribution in [0.15, 0.2) is 42.5 Å². The summed E-state index contributed by atoms with van der Waals surface area (Å²) in [5.74, 6) is -2.31. The van der Waals surface area contributed by atoms with Gasteiger partial charge in [-0.25, -0.2) is 8.78 Å². The van der Waals surface area contributed by atoms with Crippen molar-refractivity contribution < 1.29 is 13.6 Å². The van der Waals surface area contributed by atoms with Gasteiger partial charge in [-0.15, -0.1) is 0 Å². The Labute approximate surface area is 115 Å². The highest BCUT2D eigenvalue weighted by Crippen LogP contribution is 2.17. The van der Waals surface area contributed by atoms with Crippen molar-refractivity contribution in [1.82, 2.24) is 5.32 Å². The molecule has 0 aliphatic carbocycles. The number of halogens is 2. The topological polar surface area (TPSA) is 55.1 Å². The highest BCUT2D eigenvalue weighted by Gasteiger charge is 2.15. The van der Waals surface area contributed by atoms with Gasteiger partial charge in [0.2, 0.25) is 0 Å². The molecule has 0 unspecified atom stereocenters. The molecule has 0 saturated heterocycles. The van der Waals surface area contributed by atoms with Crippen LogP contribution in [0.25, 0.3) is 0 Å². The molecule has 2 aromatic carbocycles. The summed E-state index contributed by atoms with van der Waals surface area (Å²) in [5, 5.41) is 2.54. The van der Waals surface area contributed by atoms with E-state index in [9.17, 15) is 13.6 Å².